The molecule has 0 unspecified atom stereocenters. The topological polar surface area (TPSA) is 38.9 Å². The van der Waals surface area contributed by atoms with Crippen LogP contribution in [0.3, 0.4) is 0 Å². The first-order valence-corrected chi connectivity index (χ1v) is 7.30. The molecule has 0 saturated carbocycles. The molecule has 0 fully saturated rings. The highest BCUT2D eigenvalue weighted by Gasteiger charge is 2.11. The molecule has 17 heavy (non-hydrogen) atoms. The molecule has 1 aromatic heterocycles. The summed E-state index contributed by atoms with van der Waals surface area (Å²) < 4.78 is 1.09. The number of nitrogens with two attached hydrogens (primary N) is 1. The Morgan fingerprint density at radius 1 is 1.29 bits per heavy atom. The van der Waals surface area contributed by atoms with Gasteiger partial charge < -0.3 is 5.73 Å². The molecule has 0 radical (unpaired) electrons. The Hall–Kier alpha value is -0.710. The molecule has 1 aromatic carbocycles. The van der Waals surface area contributed by atoms with Crippen molar-refractivity contribution in [2.24, 2.45) is 5.73 Å². The van der Waals surface area contributed by atoms with E-state index in [-0.39, 0.29) is 0 Å². The van der Waals surface area contributed by atoms with Crippen molar-refractivity contribution >= 4 is 27.3 Å². The fourth-order valence-electron chi connectivity index (χ4n) is 1.69. The fourth-order valence-corrected chi connectivity index (χ4v) is 3.00. The molecule has 0 aliphatic heterocycles. The minimum Gasteiger partial charge on any atom is -0.330 e. The van der Waals surface area contributed by atoms with E-state index in [1.54, 1.807) is 11.3 Å². The minimum atomic E-state index is 0.675. The van der Waals surface area contributed by atoms with Crippen molar-refractivity contribution in [3.63, 3.8) is 0 Å². The fraction of sp³-hybridized carbons (Fsp3) is 0.308. The summed E-state index contributed by atoms with van der Waals surface area (Å²) in [6, 6.07) is 8.29. The molecule has 0 bridgehead atoms. The minimum absolute atomic E-state index is 0.675. The Morgan fingerprint density at radius 2 is 2.00 bits per heavy atom. The van der Waals surface area contributed by atoms with E-state index in [1.807, 2.05) is 12.1 Å². The van der Waals surface area contributed by atoms with Gasteiger partial charge in [0.15, 0.2) is 0 Å². The molecule has 0 amide bonds. The molecule has 2 N–H and O–H groups in total. The quantitative estimate of drug-likeness (QED) is 0.936. The summed E-state index contributed by atoms with van der Waals surface area (Å²) in [5.41, 5.74) is 7.93. The van der Waals surface area contributed by atoms with Gasteiger partial charge in [0.2, 0.25) is 0 Å². The maximum absolute atomic E-state index is 5.65. The van der Waals surface area contributed by atoms with Crippen LogP contribution in [0.25, 0.3) is 11.3 Å². The van der Waals surface area contributed by atoms with Crippen LogP contribution < -0.4 is 5.73 Å². The van der Waals surface area contributed by atoms with Crippen molar-refractivity contribution in [3.8, 4) is 11.3 Å². The second kappa shape index (κ2) is 5.76. The van der Waals surface area contributed by atoms with Gasteiger partial charge in [0.05, 0.1) is 10.7 Å². The highest BCUT2D eigenvalue weighted by Crippen LogP contribution is 2.29. The Balaban J connectivity index is 2.42. The van der Waals surface area contributed by atoms with Crippen LogP contribution in [0.5, 0.6) is 0 Å². The summed E-state index contributed by atoms with van der Waals surface area (Å²) in [7, 11) is 0. The normalized spacial score (nSPS) is 10.8. The zero-order valence-corrected chi connectivity index (χ0v) is 12.1. The van der Waals surface area contributed by atoms with Crippen molar-refractivity contribution in [1.29, 1.82) is 0 Å². The summed E-state index contributed by atoms with van der Waals surface area (Å²) in [5, 5.41) is 1.19. The van der Waals surface area contributed by atoms with Gasteiger partial charge in [-0.05, 0) is 31.5 Å². The third kappa shape index (κ3) is 2.94. The van der Waals surface area contributed by atoms with Gasteiger partial charge in [-0.3, -0.25) is 0 Å². The second-order valence-corrected chi connectivity index (χ2v) is 5.86. The lowest BCUT2D eigenvalue weighted by Gasteiger charge is -2.01. The molecule has 2 rings (SSSR count). The highest BCUT2D eigenvalue weighted by atomic mass is 79.9. The van der Waals surface area contributed by atoms with Crippen molar-refractivity contribution < 1.29 is 0 Å². The van der Waals surface area contributed by atoms with Gasteiger partial charge in [0.1, 0.15) is 0 Å². The smallest absolute Gasteiger partial charge is 0.0932 e. The standard InChI is InChI=1S/C13H15BrN2S/c1-2-12-16-13(11(17-12)7-8-15)9-3-5-10(14)6-4-9/h3-6H,2,7-8,15H2,1H3. The average molecular weight is 311 g/mol. The molecular weight excluding hydrogens is 296 g/mol. The predicted octanol–water partition coefficient (Wildman–Crippen LogP) is 3.64. The van der Waals surface area contributed by atoms with Crippen LogP contribution in [0.1, 0.15) is 16.8 Å². The first kappa shape index (κ1) is 12.7. The Morgan fingerprint density at radius 3 is 2.59 bits per heavy atom. The predicted molar refractivity (Wildman–Crippen MR) is 77.4 cm³/mol. The zero-order valence-electron chi connectivity index (χ0n) is 9.74. The van der Waals surface area contributed by atoms with Gasteiger partial charge in [-0.25, -0.2) is 4.98 Å². The number of benzene rings is 1. The van der Waals surface area contributed by atoms with Crippen LogP contribution in [-0.2, 0) is 12.8 Å². The van der Waals surface area contributed by atoms with Crippen LogP contribution >= 0.6 is 27.3 Å². The summed E-state index contributed by atoms with van der Waals surface area (Å²) in [5.74, 6) is 0. The number of aryl methyl sites for hydroxylation is 1. The lowest BCUT2D eigenvalue weighted by molar-refractivity contribution is 0.985. The van der Waals surface area contributed by atoms with E-state index in [0.29, 0.717) is 6.54 Å². The SMILES string of the molecule is CCc1nc(-c2ccc(Br)cc2)c(CCN)s1. The van der Waals surface area contributed by atoms with Crippen molar-refractivity contribution in [2.75, 3.05) is 6.54 Å². The van der Waals surface area contributed by atoms with E-state index >= 15 is 0 Å². The summed E-state index contributed by atoms with van der Waals surface area (Å²) >= 11 is 5.23. The average Bonchev–Trinajstić information content (AvgIpc) is 2.74. The monoisotopic (exact) mass is 310 g/mol. The first-order valence-electron chi connectivity index (χ1n) is 5.69. The van der Waals surface area contributed by atoms with E-state index in [9.17, 15) is 0 Å². The molecule has 0 saturated heterocycles. The molecular formula is C13H15BrN2S. The van der Waals surface area contributed by atoms with Gasteiger partial charge in [0, 0.05) is 14.9 Å². The molecule has 90 valence electrons. The van der Waals surface area contributed by atoms with Crippen molar-refractivity contribution in [2.45, 2.75) is 19.8 Å². The molecule has 2 nitrogen and oxygen atoms in total. The molecule has 0 atom stereocenters. The Labute approximate surface area is 114 Å². The van der Waals surface area contributed by atoms with Crippen molar-refractivity contribution in [3.05, 3.63) is 38.6 Å². The van der Waals surface area contributed by atoms with E-state index in [4.69, 9.17) is 10.7 Å². The third-order valence-corrected chi connectivity index (χ3v) is 4.32. The van der Waals surface area contributed by atoms with Gasteiger partial charge in [-0.15, -0.1) is 11.3 Å². The van der Waals surface area contributed by atoms with Crippen LogP contribution in [0.4, 0.5) is 0 Å². The van der Waals surface area contributed by atoms with E-state index in [1.165, 1.54) is 15.4 Å². The number of aromatic nitrogens is 1. The number of hydrogen-bond donors (Lipinski definition) is 1. The summed E-state index contributed by atoms with van der Waals surface area (Å²) in [4.78, 5) is 5.99. The first-order chi connectivity index (χ1) is 8.24. The second-order valence-electron chi connectivity index (χ2n) is 3.78. The van der Waals surface area contributed by atoms with Crippen LogP contribution in [0.2, 0.25) is 0 Å². The maximum Gasteiger partial charge on any atom is 0.0932 e. The maximum atomic E-state index is 5.65. The highest BCUT2D eigenvalue weighted by molar-refractivity contribution is 9.10. The van der Waals surface area contributed by atoms with Crippen LogP contribution in [0.15, 0.2) is 28.7 Å². The molecule has 0 aliphatic carbocycles. The Bertz CT molecular complexity index is 491. The molecule has 1 heterocycles. The number of halogens is 1. The zero-order chi connectivity index (χ0) is 12.3. The van der Waals surface area contributed by atoms with E-state index in [0.717, 1.165) is 23.0 Å². The number of thiazole rings is 1. The molecule has 4 heteroatoms. The van der Waals surface area contributed by atoms with Crippen molar-refractivity contribution in [1.82, 2.24) is 4.98 Å². The summed E-state index contributed by atoms with van der Waals surface area (Å²) in [6.07, 6.45) is 1.89. The number of rotatable bonds is 4. The largest absolute Gasteiger partial charge is 0.330 e. The summed E-state index contributed by atoms with van der Waals surface area (Å²) in [6.45, 7) is 2.81. The molecule has 2 aromatic rings. The van der Waals surface area contributed by atoms with E-state index < -0.39 is 0 Å². The van der Waals surface area contributed by atoms with Crippen LogP contribution in [-0.4, -0.2) is 11.5 Å². The van der Waals surface area contributed by atoms with Gasteiger partial charge in [0.25, 0.3) is 0 Å². The van der Waals surface area contributed by atoms with Gasteiger partial charge in [-0.1, -0.05) is 35.0 Å². The van der Waals surface area contributed by atoms with Crippen LogP contribution in [0, 0.1) is 0 Å². The number of hydrogen-bond acceptors (Lipinski definition) is 3. The lowest BCUT2D eigenvalue weighted by atomic mass is 10.1. The number of nitrogens with zero attached hydrogens (tertiary/aromatic N) is 1. The molecule has 0 aliphatic rings. The van der Waals surface area contributed by atoms with Gasteiger partial charge in [-0.2, -0.15) is 0 Å². The van der Waals surface area contributed by atoms with Gasteiger partial charge >= 0.3 is 0 Å². The van der Waals surface area contributed by atoms with E-state index in [2.05, 4.69) is 35.0 Å². The lowest BCUT2D eigenvalue weighted by Crippen LogP contribution is -2.02. The molecule has 0 spiro atoms. The Kier molecular flexibility index (Phi) is 4.31. The third-order valence-electron chi connectivity index (χ3n) is 2.53.